The SMILES string of the molecule is Cc1csc(-c2cc(O[C@H]3CCN4C(=O)N(C)CCCCC=C[C@@H]5C[C@@]5(C(=O)O)NC(=O)[C@@H]4C3)nc(-c3nc(C(F)(F)F)cs3)n2)n1. The summed E-state index contributed by atoms with van der Waals surface area (Å²) in [5.41, 5.74) is -1.45. The molecule has 2 aliphatic heterocycles. The molecule has 4 atom stereocenters. The Bertz CT molecular complexity index is 1710. The number of fused-ring (bicyclic) bond motifs is 2. The number of halogens is 3. The maximum Gasteiger partial charge on any atom is 0.434 e. The van der Waals surface area contributed by atoms with Crippen molar-refractivity contribution in [2.24, 2.45) is 5.92 Å². The highest BCUT2D eigenvalue weighted by Crippen LogP contribution is 2.45. The molecule has 1 aliphatic carbocycles. The van der Waals surface area contributed by atoms with Gasteiger partial charge in [-0.25, -0.2) is 24.5 Å². The maximum absolute atomic E-state index is 13.8. The fraction of sp³-hybridized carbons (Fsp3) is 0.500. The van der Waals surface area contributed by atoms with Gasteiger partial charge in [0.15, 0.2) is 16.5 Å². The lowest BCUT2D eigenvalue weighted by Crippen LogP contribution is -2.60. The molecule has 250 valence electrons. The van der Waals surface area contributed by atoms with Crippen molar-refractivity contribution in [1.29, 1.82) is 0 Å². The average molecular weight is 692 g/mol. The number of nitrogens with zero attached hydrogens (tertiary/aromatic N) is 6. The van der Waals surface area contributed by atoms with Crippen molar-refractivity contribution in [3.8, 4) is 27.4 Å². The van der Waals surface area contributed by atoms with E-state index in [9.17, 15) is 32.7 Å². The Labute approximate surface area is 275 Å². The molecule has 6 rings (SSSR count). The van der Waals surface area contributed by atoms with E-state index in [2.05, 4.69) is 25.3 Å². The van der Waals surface area contributed by atoms with Crippen LogP contribution in [0.3, 0.4) is 0 Å². The number of nitrogens with one attached hydrogen (secondary N) is 1. The van der Waals surface area contributed by atoms with Crippen LogP contribution in [0, 0.1) is 12.8 Å². The number of carboxylic acids is 1. The Morgan fingerprint density at radius 2 is 1.89 bits per heavy atom. The average Bonchev–Trinajstić information content (AvgIpc) is 3.33. The lowest BCUT2D eigenvalue weighted by Gasteiger charge is -2.40. The lowest BCUT2D eigenvalue weighted by molar-refractivity contribution is -0.144. The largest absolute Gasteiger partial charge is 0.479 e. The van der Waals surface area contributed by atoms with E-state index in [4.69, 9.17) is 4.74 Å². The van der Waals surface area contributed by atoms with Crippen LogP contribution in [0.5, 0.6) is 5.88 Å². The first-order valence-electron chi connectivity index (χ1n) is 15.1. The van der Waals surface area contributed by atoms with E-state index in [1.165, 1.54) is 22.3 Å². The molecule has 2 fully saturated rings. The number of piperidine rings is 1. The van der Waals surface area contributed by atoms with Crippen molar-refractivity contribution in [2.75, 3.05) is 20.1 Å². The van der Waals surface area contributed by atoms with E-state index < -0.39 is 41.4 Å². The Balaban J connectivity index is 1.29. The summed E-state index contributed by atoms with van der Waals surface area (Å²) < 4.78 is 46.2. The minimum Gasteiger partial charge on any atom is -0.479 e. The molecule has 1 saturated carbocycles. The zero-order valence-electron chi connectivity index (χ0n) is 25.5. The van der Waals surface area contributed by atoms with Gasteiger partial charge in [-0.05, 0) is 32.6 Å². The number of ether oxygens (including phenoxy) is 1. The number of carboxylic acid groups (broad SMARTS) is 1. The number of allylic oxidation sites excluding steroid dienone is 1. The van der Waals surface area contributed by atoms with Gasteiger partial charge in [-0.15, -0.1) is 22.7 Å². The quantitative estimate of drug-likeness (QED) is 0.352. The first-order valence-corrected chi connectivity index (χ1v) is 16.8. The monoisotopic (exact) mass is 691 g/mol. The van der Waals surface area contributed by atoms with E-state index in [0.717, 1.165) is 41.7 Å². The number of aryl methyl sites for hydroxylation is 1. The third kappa shape index (κ3) is 6.95. The Morgan fingerprint density at radius 1 is 1.11 bits per heavy atom. The summed E-state index contributed by atoms with van der Waals surface area (Å²) in [4.78, 5) is 59.6. The Morgan fingerprint density at radius 3 is 2.60 bits per heavy atom. The second-order valence-electron chi connectivity index (χ2n) is 11.9. The minimum absolute atomic E-state index is 0.0299. The number of urea groups is 1. The van der Waals surface area contributed by atoms with E-state index >= 15 is 0 Å². The zero-order valence-corrected chi connectivity index (χ0v) is 27.1. The number of rotatable bonds is 5. The van der Waals surface area contributed by atoms with Crippen molar-refractivity contribution >= 4 is 40.6 Å². The van der Waals surface area contributed by atoms with Gasteiger partial charge in [0.2, 0.25) is 11.8 Å². The van der Waals surface area contributed by atoms with Gasteiger partial charge < -0.3 is 25.0 Å². The highest BCUT2D eigenvalue weighted by Gasteiger charge is 2.61. The van der Waals surface area contributed by atoms with Crippen molar-refractivity contribution < 1.29 is 37.4 Å². The molecule has 0 unspecified atom stereocenters. The van der Waals surface area contributed by atoms with E-state index in [0.29, 0.717) is 23.7 Å². The lowest BCUT2D eigenvalue weighted by atomic mass is 9.98. The van der Waals surface area contributed by atoms with Gasteiger partial charge in [0.05, 0.1) is 0 Å². The Kier molecular flexibility index (Phi) is 8.95. The van der Waals surface area contributed by atoms with E-state index in [1.807, 2.05) is 17.5 Å². The third-order valence-corrected chi connectivity index (χ3v) is 10.3. The fourth-order valence-corrected chi connectivity index (χ4v) is 7.32. The number of hydrogen-bond acceptors (Lipinski definition) is 10. The molecule has 3 aliphatic rings. The predicted octanol–water partition coefficient (Wildman–Crippen LogP) is 5.01. The topological polar surface area (TPSA) is 151 Å². The number of alkyl halides is 3. The summed E-state index contributed by atoms with van der Waals surface area (Å²) in [5, 5.41) is 15.9. The molecule has 3 aromatic rings. The number of carbonyl (C=O) groups is 3. The van der Waals surface area contributed by atoms with Crippen LogP contribution >= 0.6 is 22.7 Å². The number of hydrogen-bond donors (Lipinski definition) is 2. The first-order chi connectivity index (χ1) is 22.3. The number of aliphatic carboxylic acids is 1. The number of amides is 3. The molecule has 17 heteroatoms. The molecule has 3 aromatic heterocycles. The van der Waals surface area contributed by atoms with Crippen LogP contribution in [0.25, 0.3) is 21.5 Å². The van der Waals surface area contributed by atoms with Gasteiger partial charge in [0.1, 0.15) is 28.4 Å². The van der Waals surface area contributed by atoms with Crippen LogP contribution in [0.15, 0.2) is 29.0 Å². The summed E-state index contributed by atoms with van der Waals surface area (Å²) in [7, 11) is 1.67. The molecule has 0 bridgehead atoms. The van der Waals surface area contributed by atoms with E-state index in [1.54, 1.807) is 18.9 Å². The fourth-order valence-electron chi connectivity index (χ4n) is 5.81. The van der Waals surface area contributed by atoms with Gasteiger partial charge in [0.25, 0.3) is 0 Å². The Hall–Kier alpha value is -4.12. The van der Waals surface area contributed by atoms with Gasteiger partial charge in [-0.1, -0.05) is 12.2 Å². The number of carbonyl (C=O) groups excluding carboxylic acids is 2. The first kappa shape index (κ1) is 32.8. The van der Waals surface area contributed by atoms with Gasteiger partial charge in [-0.2, -0.15) is 18.2 Å². The van der Waals surface area contributed by atoms with Crippen LogP contribution in [-0.4, -0.2) is 90.6 Å². The van der Waals surface area contributed by atoms with Crippen LogP contribution in [0.1, 0.15) is 49.9 Å². The second-order valence-corrected chi connectivity index (χ2v) is 13.6. The molecule has 1 saturated heterocycles. The highest BCUT2D eigenvalue weighted by atomic mass is 32.1. The maximum atomic E-state index is 13.8. The van der Waals surface area contributed by atoms with E-state index in [-0.39, 0.29) is 48.0 Å². The smallest absolute Gasteiger partial charge is 0.434 e. The van der Waals surface area contributed by atoms with Crippen molar-refractivity contribution in [2.45, 2.75) is 69.3 Å². The van der Waals surface area contributed by atoms with Crippen molar-refractivity contribution in [3.05, 3.63) is 40.4 Å². The van der Waals surface area contributed by atoms with Gasteiger partial charge >= 0.3 is 18.2 Å². The molecular formula is C30H32F3N7O5S2. The summed E-state index contributed by atoms with van der Waals surface area (Å²) >= 11 is 2.04. The summed E-state index contributed by atoms with van der Waals surface area (Å²) in [5.74, 6) is -2.13. The number of aromatic nitrogens is 4. The molecule has 5 heterocycles. The number of thiazole rings is 2. The van der Waals surface area contributed by atoms with Crippen molar-refractivity contribution in [1.82, 2.24) is 35.1 Å². The molecular weight excluding hydrogens is 660 g/mol. The second kappa shape index (κ2) is 12.8. The van der Waals surface area contributed by atoms with Crippen LogP contribution in [0.2, 0.25) is 0 Å². The molecule has 47 heavy (non-hydrogen) atoms. The van der Waals surface area contributed by atoms with Gasteiger partial charge in [0, 0.05) is 61.4 Å². The summed E-state index contributed by atoms with van der Waals surface area (Å²) in [6.07, 6.45) is 1.40. The van der Waals surface area contributed by atoms with Crippen LogP contribution in [0.4, 0.5) is 18.0 Å². The molecule has 0 spiro atoms. The molecule has 0 radical (unpaired) electrons. The normalized spacial score (nSPS) is 25.4. The van der Waals surface area contributed by atoms with Crippen LogP contribution in [-0.2, 0) is 15.8 Å². The summed E-state index contributed by atoms with van der Waals surface area (Å²) in [6, 6.07) is 0.145. The predicted molar refractivity (Wildman–Crippen MR) is 166 cm³/mol. The zero-order chi connectivity index (χ0) is 33.5. The van der Waals surface area contributed by atoms with Crippen molar-refractivity contribution in [3.63, 3.8) is 0 Å². The summed E-state index contributed by atoms with van der Waals surface area (Å²) in [6.45, 7) is 2.44. The molecule has 12 nitrogen and oxygen atoms in total. The molecule has 0 aromatic carbocycles. The minimum atomic E-state index is -4.64. The third-order valence-electron chi connectivity index (χ3n) is 8.47. The van der Waals surface area contributed by atoms with Gasteiger partial charge in [-0.3, -0.25) is 4.79 Å². The highest BCUT2D eigenvalue weighted by molar-refractivity contribution is 7.13. The standard InChI is InChI=1S/C30H32F3N7O5S2/c1-16-14-46-25(34-16)19-12-22(37-23(35-19)26-36-21(15-47-26)30(31,32)33)45-18-8-10-40-20(11-18)24(41)38-29(27(42)43)13-17(29)7-5-3-4-6-9-39(2)28(40)44/h5,7,12,14-15,17-18,20H,3-4,6,8-11,13H2,1-2H3,(H,38,41)(H,42,43)/t17-,18+,20+,29-/m1/s1. The molecule has 2 N–H and O–H groups in total. The molecule has 3 amide bonds. The van der Waals surface area contributed by atoms with Crippen LogP contribution < -0.4 is 10.1 Å².